The van der Waals surface area contributed by atoms with Crippen molar-refractivity contribution in [1.29, 1.82) is 0 Å². The third-order valence-electron chi connectivity index (χ3n) is 7.44. The molecular formula is C32H38FN3O4S. The number of rotatable bonds is 11. The number of sulfonamides is 1. The van der Waals surface area contributed by atoms with Gasteiger partial charge in [-0.15, -0.1) is 0 Å². The Morgan fingerprint density at radius 1 is 0.951 bits per heavy atom. The lowest BCUT2D eigenvalue weighted by Crippen LogP contribution is -2.54. The highest BCUT2D eigenvalue weighted by molar-refractivity contribution is 7.92. The van der Waals surface area contributed by atoms with Crippen molar-refractivity contribution in [3.63, 3.8) is 0 Å². The van der Waals surface area contributed by atoms with Gasteiger partial charge in [-0.3, -0.25) is 13.9 Å². The second-order valence-electron chi connectivity index (χ2n) is 10.9. The van der Waals surface area contributed by atoms with Crippen molar-refractivity contribution in [1.82, 2.24) is 10.2 Å². The molecule has 0 bridgehead atoms. The van der Waals surface area contributed by atoms with Crippen LogP contribution < -0.4 is 9.62 Å². The highest BCUT2D eigenvalue weighted by atomic mass is 32.2. The van der Waals surface area contributed by atoms with Crippen LogP contribution in [0.1, 0.15) is 47.9 Å². The first kappa shape index (κ1) is 30.2. The molecule has 0 radical (unpaired) electrons. The Morgan fingerprint density at radius 2 is 1.56 bits per heavy atom. The zero-order chi connectivity index (χ0) is 29.6. The Morgan fingerprint density at radius 3 is 2.17 bits per heavy atom. The number of hydrogen-bond donors (Lipinski definition) is 1. The van der Waals surface area contributed by atoms with Gasteiger partial charge in [0.25, 0.3) is 0 Å². The molecule has 3 aromatic rings. The van der Waals surface area contributed by atoms with Gasteiger partial charge in [0.1, 0.15) is 18.4 Å². The average Bonchev–Trinajstić information content (AvgIpc) is 3.42. The third-order valence-corrected chi connectivity index (χ3v) is 8.59. The first-order chi connectivity index (χ1) is 19.5. The number of benzene rings is 3. The number of nitrogens with one attached hydrogen (secondary N) is 1. The summed E-state index contributed by atoms with van der Waals surface area (Å²) in [5.74, 6) is -1.43. The molecule has 1 saturated carbocycles. The van der Waals surface area contributed by atoms with E-state index in [4.69, 9.17) is 0 Å². The van der Waals surface area contributed by atoms with Crippen LogP contribution in [0.3, 0.4) is 0 Å². The largest absolute Gasteiger partial charge is 0.352 e. The SMILES string of the molecule is Cc1cc(C)cc(N(CC(=O)N(Cc2ccccc2F)[C@H](Cc2ccccc2)C(=O)NC2CCCC2)S(C)(=O)=O)c1. The Kier molecular flexibility index (Phi) is 9.81. The molecule has 2 amide bonds. The molecule has 218 valence electrons. The fourth-order valence-corrected chi connectivity index (χ4v) is 6.27. The zero-order valence-corrected chi connectivity index (χ0v) is 24.7. The van der Waals surface area contributed by atoms with Crippen molar-refractivity contribution in [3.8, 4) is 0 Å². The molecule has 0 aliphatic heterocycles. The van der Waals surface area contributed by atoms with Crippen LogP contribution in [0, 0.1) is 19.7 Å². The highest BCUT2D eigenvalue weighted by Crippen LogP contribution is 2.24. The van der Waals surface area contributed by atoms with Crippen molar-refractivity contribution < 1.29 is 22.4 Å². The number of amides is 2. The Hall–Kier alpha value is -3.72. The smallest absolute Gasteiger partial charge is 0.244 e. The molecule has 3 aromatic carbocycles. The van der Waals surface area contributed by atoms with E-state index in [1.807, 2.05) is 50.2 Å². The van der Waals surface area contributed by atoms with Gasteiger partial charge in [0.15, 0.2) is 0 Å². The van der Waals surface area contributed by atoms with E-state index in [-0.39, 0.29) is 30.5 Å². The summed E-state index contributed by atoms with van der Waals surface area (Å²) in [6.45, 7) is 2.99. The first-order valence-electron chi connectivity index (χ1n) is 13.9. The normalized spacial score (nSPS) is 14.4. The van der Waals surface area contributed by atoms with Crippen molar-refractivity contribution in [2.45, 2.75) is 64.6 Å². The number of aryl methyl sites for hydroxylation is 2. The van der Waals surface area contributed by atoms with Crippen LogP contribution in [-0.2, 0) is 32.6 Å². The maximum atomic E-state index is 14.9. The first-order valence-corrected chi connectivity index (χ1v) is 15.8. The Labute approximate surface area is 242 Å². The van der Waals surface area contributed by atoms with Crippen LogP contribution in [0.25, 0.3) is 0 Å². The maximum absolute atomic E-state index is 14.9. The molecule has 41 heavy (non-hydrogen) atoms. The summed E-state index contributed by atoms with van der Waals surface area (Å²) in [6.07, 6.45) is 5.01. The standard InChI is InChI=1S/C32H38FN3O4S/c1-23-17-24(2)19-28(18-23)36(41(3,39)40)22-31(37)35(21-26-13-7-10-16-29(26)33)30(20-25-11-5-4-6-12-25)32(38)34-27-14-8-9-15-27/h4-7,10-13,16-19,27,30H,8-9,14-15,20-22H2,1-3H3,(H,34,38)/t30-/m1/s1. The van der Waals surface area contributed by atoms with Crippen LogP contribution in [0.4, 0.5) is 10.1 Å². The van der Waals surface area contributed by atoms with Crippen LogP contribution in [0.5, 0.6) is 0 Å². The number of carbonyl (C=O) groups is 2. The van der Waals surface area contributed by atoms with Gasteiger partial charge in [0.2, 0.25) is 21.8 Å². The summed E-state index contributed by atoms with van der Waals surface area (Å²) < 4.78 is 41.9. The molecule has 0 heterocycles. The molecule has 9 heteroatoms. The number of carbonyl (C=O) groups excluding carboxylic acids is 2. The number of anilines is 1. The number of halogens is 1. The molecular weight excluding hydrogens is 541 g/mol. The molecule has 1 N–H and O–H groups in total. The minimum atomic E-state index is -3.87. The summed E-state index contributed by atoms with van der Waals surface area (Å²) >= 11 is 0. The Bertz CT molecular complexity index is 1450. The topological polar surface area (TPSA) is 86.8 Å². The minimum Gasteiger partial charge on any atom is -0.352 e. The second kappa shape index (κ2) is 13.3. The maximum Gasteiger partial charge on any atom is 0.244 e. The van der Waals surface area contributed by atoms with Crippen molar-refractivity contribution in [2.24, 2.45) is 0 Å². The minimum absolute atomic E-state index is 0.00831. The van der Waals surface area contributed by atoms with Gasteiger partial charge in [-0.2, -0.15) is 0 Å². The molecule has 7 nitrogen and oxygen atoms in total. The van der Waals surface area contributed by atoms with Crippen LogP contribution in [-0.4, -0.2) is 50.0 Å². The second-order valence-corrected chi connectivity index (χ2v) is 12.8. The predicted molar refractivity (Wildman–Crippen MR) is 159 cm³/mol. The van der Waals surface area contributed by atoms with E-state index in [0.717, 1.165) is 52.9 Å². The molecule has 1 aliphatic carbocycles. The van der Waals surface area contributed by atoms with Crippen LogP contribution >= 0.6 is 0 Å². The van der Waals surface area contributed by atoms with Gasteiger partial charge in [-0.05, 0) is 61.6 Å². The molecule has 0 spiro atoms. The fraction of sp³-hybridized carbons (Fsp3) is 0.375. The molecule has 0 saturated heterocycles. The lowest BCUT2D eigenvalue weighted by molar-refractivity contribution is -0.140. The average molecular weight is 580 g/mol. The van der Waals surface area contributed by atoms with E-state index >= 15 is 0 Å². The van der Waals surface area contributed by atoms with Gasteiger partial charge < -0.3 is 10.2 Å². The summed E-state index contributed by atoms with van der Waals surface area (Å²) in [5, 5.41) is 3.11. The predicted octanol–water partition coefficient (Wildman–Crippen LogP) is 4.91. The van der Waals surface area contributed by atoms with Gasteiger partial charge in [0, 0.05) is 24.6 Å². The number of nitrogens with zero attached hydrogens (tertiary/aromatic N) is 2. The lowest BCUT2D eigenvalue weighted by Gasteiger charge is -2.34. The summed E-state index contributed by atoms with van der Waals surface area (Å²) in [7, 11) is -3.87. The van der Waals surface area contributed by atoms with E-state index in [1.54, 1.807) is 30.3 Å². The van der Waals surface area contributed by atoms with Crippen LogP contribution in [0.15, 0.2) is 72.8 Å². The third kappa shape index (κ3) is 8.16. The van der Waals surface area contributed by atoms with E-state index in [1.165, 1.54) is 11.0 Å². The zero-order valence-electron chi connectivity index (χ0n) is 23.8. The van der Waals surface area contributed by atoms with Gasteiger partial charge in [-0.1, -0.05) is 67.4 Å². The van der Waals surface area contributed by atoms with Crippen molar-refractivity contribution >= 4 is 27.5 Å². The molecule has 0 aromatic heterocycles. The molecule has 1 fully saturated rings. The summed E-state index contributed by atoms with van der Waals surface area (Å²) in [4.78, 5) is 29.3. The highest BCUT2D eigenvalue weighted by Gasteiger charge is 2.34. The van der Waals surface area contributed by atoms with E-state index in [9.17, 15) is 22.4 Å². The number of hydrogen-bond acceptors (Lipinski definition) is 4. The van der Waals surface area contributed by atoms with E-state index in [0.29, 0.717) is 5.69 Å². The van der Waals surface area contributed by atoms with E-state index in [2.05, 4.69) is 5.32 Å². The van der Waals surface area contributed by atoms with Crippen LogP contribution in [0.2, 0.25) is 0 Å². The van der Waals surface area contributed by atoms with Crippen molar-refractivity contribution in [3.05, 3.63) is 101 Å². The quantitative estimate of drug-likeness (QED) is 0.350. The fourth-order valence-electron chi connectivity index (χ4n) is 5.44. The summed E-state index contributed by atoms with van der Waals surface area (Å²) in [5.41, 5.74) is 3.13. The van der Waals surface area contributed by atoms with Crippen molar-refractivity contribution in [2.75, 3.05) is 17.1 Å². The van der Waals surface area contributed by atoms with Gasteiger partial charge >= 0.3 is 0 Å². The van der Waals surface area contributed by atoms with E-state index < -0.39 is 34.3 Å². The molecule has 1 aliphatic rings. The molecule has 1 atom stereocenters. The monoisotopic (exact) mass is 579 g/mol. The van der Waals surface area contributed by atoms with Gasteiger partial charge in [0.05, 0.1) is 11.9 Å². The Balaban J connectivity index is 1.75. The lowest BCUT2D eigenvalue weighted by atomic mass is 10.0. The summed E-state index contributed by atoms with van der Waals surface area (Å²) in [6, 6.07) is 19.8. The molecule has 4 rings (SSSR count). The van der Waals surface area contributed by atoms with Gasteiger partial charge in [-0.25, -0.2) is 12.8 Å². The molecule has 0 unspecified atom stereocenters.